The molecule has 0 radical (unpaired) electrons. The van der Waals surface area contributed by atoms with Gasteiger partial charge in [0, 0.05) is 12.8 Å². The molecule has 2 rings (SSSR count). The number of hydrogen-bond donors (Lipinski definition) is 0. The predicted octanol–water partition coefficient (Wildman–Crippen LogP) is 2.18. The molecule has 0 fully saturated rings. The molecular formula is C9H7ClO3. The quantitative estimate of drug-likeness (QED) is 0.650. The summed E-state index contributed by atoms with van der Waals surface area (Å²) in [6.07, 6.45) is 3.24. The third-order valence-corrected chi connectivity index (χ3v) is 2.37. The van der Waals surface area contributed by atoms with Gasteiger partial charge in [-0.05, 0) is 18.0 Å². The number of furan rings is 1. The van der Waals surface area contributed by atoms with Crippen LogP contribution in [-0.4, -0.2) is 11.0 Å². The molecule has 0 spiro atoms. The van der Waals surface area contributed by atoms with Crippen molar-refractivity contribution < 1.29 is 14.0 Å². The summed E-state index contributed by atoms with van der Waals surface area (Å²) in [6, 6.07) is 0. The Bertz CT molecular complexity index is 378. The maximum absolute atomic E-state index is 11.4. The van der Waals surface area contributed by atoms with E-state index >= 15 is 0 Å². The van der Waals surface area contributed by atoms with Crippen molar-refractivity contribution in [1.29, 1.82) is 0 Å². The van der Waals surface area contributed by atoms with Gasteiger partial charge in [0.15, 0.2) is 5.78 Å². The lowest BCUT2D eigenvalue weighted by atomic mass is 9.94. The Kier molecular flexibility index (Phi) is 1.96. The van der Waals surface area contributed by atoms with Crippen LogP contribution in [0.3, 0.4) is 0 Å². The molecule has 0 bridgehead atoms. The number of fused-ring (bicyclic) bond motifs is 1. The fourth-order valence-corrected chi connectivity index (χ4v) is 1.71. The lowest BCUT2D eigenvalue weighted by Crippen LogP contribution is -2.11. The molecule has 1 aliphatic rings. The van der Waals surface area contributed by atoms with Crippen LogP contribution >= 0.6 is 11.6 Å². The number of ketones is 1. The highest BCUT2D eigenvalue weighted by Gasteiger charge is 2.26. The molecule has 1 heterocycles. The molecule has 0 atom stereocenters. The summed E-state index contributed by atoms with van der Waals surface area (Å²) in [4.78, 5) is 22.3. The second-order valence-corrected chi connectivity index (χ2v) is 3.34. The summed E-state index contributed by atoms with van der Waals surface area (Å²) in [5, 5.41) is -0.625. The molecule has 0 N–H and O–H groups in total. The van der Waals surface area contributed by atoms with E-state index in [0.29, 0.717) is 24.2 Å². The molecule has 1 aromatic heterocycles. The van der Waals surface area contributed by atoms with E-state index in [4.69, 9.17) is 16.0 Å². The Morgan fingerprint density at radius 3 is 2.92 bits per heavy atom. The molecule has 0 unspecified atom stereocenters. The van der Waals surface area contributed by atoms with Gasteiger partial charge in [0.25, 0.3) is 5.24 Å². The van der Waals surface area contributed by atoms with E-state index in [2.05, 4.69) is 0 Å². The minimum absolute atomic E-state index is 0.0426. The normalized spacial score (nSPS) is 15.6. The van der Waals surface area contributed by atoms with E-state index in [0.717, 1.165) is 6.42 Å². The van der Waals surface area contributed by atoms with Crippen molar-refractivity contribution in [3.8, 4) is 0 Å². The maximum atomic E-state index is 11.4. The Hall–Kier alpha value is -1.09. The lowest BCUT2D eigenvalue weighted by molar-refractivity contribution is 0.0961. The predicted molar refractivity (Wildman–Crippen MR) is 46.2 cm³/mol. The van der Waals surface area contributed by atoms with Crippen LogP contribution in [0.1, 0.15) is 39.3 Å². The van der Waals surface area contributed by atoms with E-state index in [9.17, 15) is 9.59 Å². The van der Waals surface area contributed by atoms with E-state index in [1.54, 1.807) is 0 Å². The highest BCUT2D eigenvalue weighted by atomic mass is 35.5. The van der Waals surface area contributed by atoms with E-state index in [-0.39, 0.29) is 11.3 Å². The van der Waals surface area contributed by atoms with Gasteiger partial charge in [-0.3, -0.25) is 9.59 Å². The van der Waals surface area contributed by atoms with Gasteiger partial charge in [0.2, 0.25) is 0 Å². The number of Topliss-reactive ketones (excluding diaryl/α,β-unsaturated/α-hetero) is 1. The molecule has 68 valence electrons. The zero-order valence-electron chi connectivity index (χ0n) is 6.80. The van der Waals surface area contributed by atoms with Crippen LogP contribution in [0.2, 0.25) is 0 Å². The molecule has 0 amide bonds. The van der Waals surface area contributed by atoms with Gasteiger partial charge >= 0.3 is 0 Å². The van der Waals surface area contributed by atoms with E-state index in [1.807, 2.05) is 0 Å². The van der Waals surface area contributed by atoms with Crippen LogP contribution in [0.15, 0.2) is 10.7 Å². The number of aryl methyl sites for hydroxylation is 1. The lowest BCUT2D eigenvalue weighted by Gasteiger charge is -2.08. The van der Waals surface area contributed by atoms with Gasteiger partial charge in [-0.15, -0.1) is 0 Å². The summed E-state index contributed by atoms with van der Waals surface area (Å²) in [6.45, 7) is 0. The highest BCUT2D eigenvalue weighted by molar-refractivity contribution is 6.68. The first kappa shape index (κ1) is 8.51. The molecular weight excluding hydrogens is 192 g/mol. The standard InChI is InChI=1S/C9H7ClO3/c10-9(12)5-4-13-7-3-1-2-6(11)8(5)7/h4H,1-3H2. The fraction of sp³-hybridized carbons (Fsp3) is 0.333. The number of halogens is 1. The number of hydrogen-bond acceptors (Lipinski definition) is 3. The molecule has 0 aliphatic heterocycles. The smallest absolute Gasteiger partial charge is 0.256 e. The summed E-state index contributed by atoms with van der Waals surface area (Å²) in [7, 11) is 0. The number of carbonyl (C=O) groups excluding carboxylic acids is 2. The third-order valence-electron chi connectivity index (χ3n) is 2.17. The molecule has 0 aromatic carbocycles. The van der Waals surface area contributed by atoms with Gasteiger partial charge in [-0.25, -0.2) is 0 Å². The van der Waals surface area contributed by atoms with Gasteiger partial charge < -0.3 is 4.42 Å². The fourth-order valence-electron chi connectivity index (χ4n) is 1.57. The molecule has 1 aliphatic carbocycles. The SMILES string of the molecule is O=C(Cl)c1coc2c1C(=O)CCC2. The van der Waals surface area contributed by atoms with Crippen molar-refractivity contribution >= 4 is 22.6 Å². The second kappa shape index (κ2) is 3.00. The van der Waals surface area contributed by atoms with Crippen molar-refractivity contribution in [1.82, 2.24) is 0 Å². The van der Waals surface area contributed by atoms with Crippen molar-refractivity contribution in [2.75, 3.05) is 0 Å². The van der Waals surface area contributed by atoms with Crippen LogP contribution in [0.5, 0.6) is 0 Å². The Labute approximate surface area is 79.7 Å². The van der Waals surface area contributed by atoms with E-state index in [1.165, 1.54) is 6.26 Å². The van der Waals surface area contributed by atoms with Crippen molar-refractivity contribution in [3.63, 3.8) is 0 Å². The summed E-state index contributed by atoms with van der Waals surface area (Å²) in [5.74, 6) is 0.555. The topological polar surface area (TPSA) is 47.3 Å². The second-order valence-electron chi connectivity index (χ2n) is 3.00. The Morgan fingerprint density at radius 1 is 1.46 bits per heavy atom. The average molecular weight is 199 g/mol. The van der Waals surface area contributed by atoms with Crippen molar-refractivity contribution in [2.45, 2.75) is 19.3 Å². The Morgan fingerprint density at radius 2 is 2.23 bits per heavy atom. The zero-order chi connectivity index (χ0) is 9.42. The Balaban J connectivity index is 2.56. The first-order chi connectivity index (χ1) is 6.20. The van der Waals surface area contributed by atoms with Crippen molar-refractivity contribution in [2.24, 2.45) is 0 Å². The minimum atomic E-state index is -0.625. The summed E-state index contributed by atoms with van der Waals surface area (Å²) < 4.78 is 5.09. The molecule has 0 saturated carbocycles. The van der Waals surface area contributed by atoms with Crippen molar-refractivity contribution in [3.05, 3.63) is 23.2 Å². The van der Waals surface area contributed by atoms with Crippen LogP contribution in [-0.2, 0) is 6.42 Å². The zero-order valence-corrected chi connectivity index (χ0v) is 7.56. The third kappa shape index (κ3) is 1.29. The number of carbonyl (C=O) groups is 2. The number of rotatable bonds is 1. The first-order valence-corrected chi connectivity index (χ1v) is 4.41. The van der Waals surface area contributed by atoms with E-state index < -0.39 is 5.24 Å². The molecule has 0 saturated heterocycles. The monoisotopic (exact) mass is 198 g/mol. The van der Waals surface area contributed by atoms with Crippen LogP contribution < -0.4 is 0 Å². The molecule has 1 aromatic rings. The van der Waals surface area contributed by atoms with Gasteiger partial charge in [-0.1, -0.05) is 0 Å². The summed E-state index contributed by atoms with van der Waals surface area (Å²) in [5.41, 5.74) is 0.604. The minimum Gasteiger partial charge on any atom is -0.468 e. The molecule has 4 heteroatoms. The van der Waals surface area contributed by atoms with Crippen LogP contribution in [0.25, 0.3) is 0 Å². The van der Waals surface area contributed by atoms with Crippen LogP contribution in [0, 0.1) is 0 Å². The van der Waals surface area contributed by atoms with Gasteiger partial charge in [0.1, 0.15) is 12.0 Å². The molecule has 13 heavy (non-hydrogen) atoms. The highest BCUT2D eigenvalue weighted by Crippen LogP contribution is 2.27. The first-order valence-electron chi connectivity index (χ1n) is 4.03. The molecule has 3 nitrogen and oxygen atoms in total. The maximum Gasteiger partial charge on any atom is 0.256 e. The average Bonchev–Trinajstić information content (AvgIpc) is 2.49. The largest absolute Gasteiger partial charge is 0.468 e. The van der Waals surface area contributed by atoms with Gasteiger partial charge in [-0.2, -0.15) is 0 Å². The van der Waals surface area contributed by atoms with Gasteiger partial charge in [0.05, 0.1) is 11.1 Å². The van der Waals surface area contributed by atoms with Crippen LogP contribution in [0.4, 0.5) is 0 Å². The summed E-state index contributed by atoms with van der Waals surface area (Å²) >= 11 is 5.30.